The number of rotatable bonds is 6. The minimum absolute atomic E-state index is 0.0272. The Kier molecular flexibility index (Phi) is 6.96. The highest BCUT2D eigenvalue weighted by molar-refractivity contribution is 5.95. The molecule has 20 heavy (non-hydrogen) atoms. The number of carboxylic acids is 1. The van der Waals surface area contributed by atoms with E-state index in [4.69, 9.17) is 5.11 Å². The summed E-state index contributed by atoms with van der Waals surface area (Å²) in [6.07, 6.45) is 0.813. The molecule has 0 aromatic heterocycles. The van der Waals surface area contributed by atoms with E-state index in [0.29, 0.717) is 32.7 Å². The first-order chi connectivity index (χ1) is 9.51. The van der Waals surface area contributed by atoms with Gasteiger partial charge in [0.2, 0.25) is 5.91 Å². The van der Waals surface area contributed by atoms with E-state index in [9.17, 15) is 14.4 Å². The predicted octanol–water partition coefficient (Wildman–Crippen LogP) is -1.08. The fraction of sp³-hybridized carbons (Fsp3) is 0.750. The van der Waals surface area contributed by atoms with Gasteiger partial charge >= 0.3 is 12.0 Å². The number of amides is 3. The van der Waals surface area contributed by atoms with Crippen molar-refractivity contribution in [3.63, 3.8) is 0 Å². The molecule has 0 aromatic carbocycles. The summed E-state index contributed by atoms with van der Waals surface area (Å²) in [5.41, 5.74) is 0. The summed E-state index contributed by atoms with van der Waals surface area (Å²) in [7, 11) is 0. The monoisotopic (exact) mass is 286 g/mol. The lowest BCUT2D eigenvalue weighted by Gasteiger charge is -2.33. The van der Waals surface area contributed by atoms with Crippen LogP contribution in [-0.4, -0.2) is 78.6 Å². The van der Waals surface area contributed by atoms with Crippen LogP contribution in [0.5, 0.6) is 0 Å². The van der Waals surface area contributed by atoms with Gasteiger partial charge in [-0.05, 0) is 6.42 Å². The van der Waals surface area contributed by atoms with Gasteiger partial charge in [-0.1, -0.05) is 6.92 Å². The molecule has 1 aliphatic heterocycles. The zero-order valence-corrected chi connectivity index (χ0v) is 11.7. The van der Waals surface area contributed by atoms with Gasteiger partial charge in [0.05, 0.1) is 13.1 Å². The zero-order chi connectivity index (χ0) is 15.0. The van der Waals surface area contributed by atoms with E-state index < -0.39 is 12.0 Å². The molecule has 0 aromatic rings. The third-order valence-electron chi connectivity index (χ3n) is 2.98. The third-order valence-corrected chi connectivity index (χ3v) is 2.98. The zero-order valence-electron chi connectivity index (χ0n) is 11.7. The van der Waals surface area contributed by atoms with E-state index in [1.807, 2.05) is 16.7 Å². The maximum atomic E-state index is 11.6. The number of nitrogens with zero attached hydrogens (tertiary/aromatic N) is 2. The molecule has 1 aliphatic rings. The number of urea groups is 1. The quantitative estimate of drug-likeness (QED) is 0.574. The molecule has 0 unspecified atom stereocenters. The van der Waals surface area contributed by atoms with Crippen LogP contribution in [0.2, 0.25) is 0 Å². The number of imide groups is 1. The number of carbonyl (C=O) groups is 3. The predicted molar refractivity (Wildman–Crippen MR) is 72.3 cm³/mol. The smallest absolute Gasteiger partial charge is 0.321 e. The minimum Gasteiger partial charge on any atom is -0.480 e. The van der Waals surface area contributed by atoms with Crippen LogP contribution in [0.3, 0.4) is 0 Å². The Labute approximate surface area is 118 Å². The second-order valence-corrected chi connectivity index (χ2v) is 4.75. The Morgan fingerprint density at radius 2 is 1.60 bits per heavy atom. The Morgan fingerprint density at radius 3 is 2.10 bits per heavy atom. The molecule has 0 aliphatic carbocycles. The van der Waals surface area contributed by atoms with E-state index in [0.717, 1.165) is 6.42 Å². The Hall–Kier alpha value is -1.67. The van der Waals surface area contributed by atoms with Gasteiger partial charge in [-0.25, -0.2) is 4.79 Å². The van der Waals surface area contributed by atoms with Crippen molar-refractivity contribution in [2.24, 2.45) is 0 Å². The van der Waals surface area contributed by atoms with E-state index in [1.54, 1.807) is 0 Å². The van der Waals surface area contributed by atoms with Crippen molar-refractivity contribution in [1.82, 2.24) is 20.4 Å². The minimum atomic E-state index is -0.844. The van der Waals surface area contributed by atoms with Gasteiger partial charge in [0.1, 0.15) is 0 Å². The van der Waals surface area contributed by atoms with Crippen LogP contribution in [0, 0.1) is 0 Å². The largest absolute Gasteiger partial charge is 0.480 e. The van der Waals surface area contributed by atoms with Gasteiger partial charge in [0, 0.05) is 32.7 Å². The number of hydrogen-bond acceptors (Lipinski definition) is 5. The summed E-state index contributed by atoms with van der Waals surface area (Å²) in [5.74, 6) is -1.19. The maximum absolute atomic E-state index is 11.6. The number of aliphatic carboxylic acids is 1. The van der Waals surface area contributed by atoms with Crippen LogP contribution < -0.4 is 10.6 Å². The van der Waals surface area contributed by atoms with E-state index in [1.165, 1.54) is 0 Å². The molecule has 0 spiro atoms. The van der Waals surface area contributed by atoms with E-state index in [-0.39, 0.29) is 19.0 Å². The third kappa shape index (κ3) is 6.48. The van der Waals surface area contributed by atoms with Gasteiger partial charge in [-0.3, -0.25) is 24.7 Å². The average molecular weight is 286 g/mol. The summed E-state index contributed by atoms with van der Waals surface area (Å²) >= 11 is 0. The fourth-order valence-electron chi connectivity index (χ4n) is 1.95. The fourth-order valence-corrected chi connectivity index (χ4v) is 1.95. The maximum Gasteiger partial charge on any atom is 0.321 e. The molecule has 0 atom stereocenters. The summed E-state index contributed by atoms with van der Waals surface area (Å²) in [5, 5.41) is 13.5. The van der Waals surface area contributed by atoms with E-state index in [2.05, 4.69) is 10.6 Å². The van der Waals surface area contributed by atoms with Crippen LogP contribution in [0.25, 0.3) is 0 Å². The van der Waals surface area contributed by atoms with Crippen molar-refractivity contribution in [1.29, 1.82) is 0 Å². The lowest BCUT2D eigenvalue weighted by Crippen LogP contribution is -2.51. The molecule has 1 heterocycles. The second kappa shape index (κ2) is 8.49. The summed E-state index contributed by atoms with van der Waals surface area (Å²) in [6, 6.07) is -0.471. The Bertz CT molecular complexity index is 353. The van der Waals surface area contributed by atoms with Gasteiger partial charge < -0.3 is 10.4 Å². The molecule has 8 nitrogen and oxygen atoms in total. The SMILES string of the molecule is CCCNC(=O)NC(=O)CN1CCN(CC(=O)O)CC1. The van der Waals surface area contributed by atoms with Crippen LogP contribution in [0.1, 0.15) is 13.3 Å². The molecular formula is C12H22N4O4. The van der Waals surface area contributed by atoms with Crippen LogP contribution in [-0.2, 0) is 9.59 Å². The van der Waals surface area contributed by atoms with Gasteiger partial charge in [0.15, 0.2) is 0 Å². The summed E-state index contributed by atoms with van der Waals surface area (Å²) < 4.78 is 0. The molecule has 1 rings (SSSR count). The number of hydrogen-bond donors (Lipinski definition) is 3. The lowest BCUT2D eigenvalue weighted by atomic mass is 10.3. The number of piperazine rings is 1. The topological polar surface area (TPSA) is 102 Å². The molecule has 1 saturated heterocycles. The molecule has 3 amide bonds. The van der Waals surface area contributed by atoms with Crippen LogP contribution in [0.4, 0.5) is 4.79 Å². The molecule has 1 fully saturated rings. The normalized spacial score (nSPS) is 16.6. The van der Waals surface area contributed by atoms with Crippen molar-refractivity contribution < 1.29 is 19.5 Å². The van der Waals surface area contributed by atoms with Crippen LogP contribution in [0.15, 0.2) is 0 Å². The number of carbonyl (C=O) groups excluding carboxylic acids is 2. The average Bonchev–Trinajstić information content (AvgIpc) is 2.38. The summed E-state index contributed by atoms with van der Waals surface area (Å²) in [4.78, 5) is 37.2. The second-order valence-electron chi connectivity index (χ2n) is 4.75. The first kappa shape index (κ1) is 16.4. The van der Waals surface area contributed by atoms with Crippen molar-refractivity contribution in [2.45, 2.75) is 13.3 Å². The summed E-state index contributed by atoms with van der Waals surface area (Å²) in [6.45, 7) is 5.11. The van der Waals surface area contributed by atoms with Crippen LogP contribution >= 0.6 is 0 Å². The molecule has 3 N–H and O–H groups in total. The number of carboxylic acid groups (broad SMARTS) is 1. The Balaban J connectivity index is 2.21. The molecular weight excluding hydrogens is 264 g/mol. The highest BCUT2D eigenvalue weighted by atomic mass is 16.4. The molecule has 0 radical (unpaired) electrons. The number of nitrogens with one attached hydrogen (secondary N) is 2. The molecule has 0 saturated carbocycles. The first-order valence-corrected chi connectivity index (χ1v) is 6.75. The molecule has 114 valence electrons. The molecule has 0 bridgehead atoms. The van der Waals surface area contributed by atoms with Gasteiger partial charge in [0.25, 0.3) is 0 Å². The highest BCUT2D eigenvalue weighted by Crippen LogP contribution is 2.00. The van der Waals surface area contributed by atoms with Crippen molar-refractivity contribution in [2.75, 3.05) is 45.8 Å². The van der Waals surface area contributed by atoms with Crippen molar-refractivity contribution in [3.05, 3.63) is 0 Å². The highest BCUT2D eigenvalue weighted by Gasteiger charge is 2.20. The van der Waals surface area contributed by atoms with Gasteiger partial charge in [-0.2, -0.15) is 0 Å². The Morgan fingerprint density at radius 1 is 1.05 bits per heavy atom. The van der Waals surface area contributed by atoms with Crippen molar-refractivity contribution >= 4 is 17.9 Å². The lowest BCUT2D eigenvalue weighted by molar-refractivity contribution is -0.139. The first-order valence-electron chi connectivity index (χ1n) is 6.75. The van der Waals surface area contributed by atoms with E-state index >= 15 is 0 Å². The van der Waals surface area contributed by atoms with Gasteiger partial charge in [-0.15, -0.1) is 0 Å². The standard InChI is InChI=1S/C12H22N4O4/c1-2-3-13-12(20)14-10(17)8-15-4-6-16(7-5-15)9-11(18)19/h2-9H2,1H3,(H,18,19)(H2,13,14,17,20). The molecule has 8 heteroatoms. The van der Waals surface area contributed by atoms with Crippen molar-refractivity contribution in [3.8, 4) is 0 Å².